The van der Waals surface area contributed by atoms with Gasteiger partial charge in [-0.2, -0.15) is 5.26 Å². The van der Waals surface area contributed by atoms with Gasteiger partial charge in [0.2, 0.25) is 11.8 Å². The standard InChI is InChI=1S/C26H19N5O6/c1-13(32)28-17-5-3-4-16(9-17)18-11-23-20(10-22(18)29-14(2)33)24(31-37-23)25(34)30-21-7-6-15(12-27)8-19(21)26(35)36/h3-11H,1-2H3,(H,28,32)(H,29,33)(H,30,34)(H,35,36). The second-order valence-corrected chi connectivity index (χ2v) is 8.00. The number of aromatic nitrogens is 1. The number of hydrogen-bond donors (Lipinski definition) is 4. The Hall–Kier alpha value is -5.50. The lowest BCUT2D eigenvalue weighted by Gasteiger charge is -2.12. The van der Waals surface area contributed by atoms with Crippen LogP contribution in [0.5, 0.6) is 0 Å². The van der Waals surface area contributed by atoms with Crippen LogP contribution in [0.3, 0.4) is 0 Å². The van der Waals surface area contributed by atoms with E-state index >= 15 is 0 Å². The Morgan fingerprint density at radius 3 is 2.35 bits per heavy atom. The Bertz CT molecular complexity index is 1630. The first-order chi connectivity index (χ1) is 17.7. The average Bonchev–Trinajstić information content (AvgIpc) is 3.26. The second-order valence-electron chi connectivity index (χ2n) is 8.00. The van der Waals surface area contributed by atoms with Crippen LogP contribution >= 0.6 is 0 Å². The molecule has 0 atom stereocenters. The number of aromatic carboxylic acids is 1. The number of carboxylic acids is 1. The minimum Gasteiger partial charge on any atom is -0.478 e. The molecule has 0 unspecified atom stereocenters. The molecule has 0 bridgehead atoms. The lowest BCUT2D eigenvalue weighted by atomic mass is 10.0. The van der Waals surface area contributed by atoms with Crippen LogP contribution in [0.25, 0.3) is 22.1 Å². The van der Waals surface area contributed by atoms with Crippen LogP contribution in [0, 0.1) is 11.3 Å². The van der Waals surface area contributed by atoms with Gasteiger partial charge >= 0.3 is 5.97 Å². The third-order valence-corrected chi connectivity index (χ3v) is 5.26. The summed E-state index contributed by atoms with van der Waals surface area (Å²) >= 11 is 0. The summed E-state index contributed by atoms with van der Waals surface area (Å²) in [5, 5.41) is 30.5. The second kappa shape index (κ2) is 10.0. The molecular weight excluding hydrogens is 478 g/mol. The quantitative estimate of drug-likeness (QED) is 0.306. The van der Waals surface area contributed by atoms with Crippen molar-refractivity contribution in [1.82, 2.24) is 5.16 Å². The lowest BCUT2D eigenvalue weighted by molar-refractivity contribution is -0.115. The van der Waals surface area contributed by atoms with Crippen molar-refractivity contribution in [3.05, 3.63) is 71.4 Å². The number of anilines is 3. The Morgan fingerprint density at radius 1 is 0.919 bits per heavy atom. The highest BCUT2D eigenvalue weighted by atomic mass is 16.5. The number of carboxylic acid groups (broad SMARTS) is 1. The zero-order chi connectivity index (χ0) is 26.7. The maximum absolute atomic E-state index is 13.0. The molecule has 184 valence electrons. The molecule has 0 saturated carbocycles. The van der Waals surface area contributed by atoms with Gasteiger partial charge in [-0.25, -0.2) is 4.79 Å². The van der Waals surface area contributed by atoms with E-state index in [4.69, 9.17) is 9.78 Å². The largest absolute Gasteiger partial charge is 0.478 e. The molecule has 1 aromatic heterocycles. The van der Waals surface area contributed by atoms with Crippen molar-refractivity contribution in [1.29, 1.82) is 5.26 Å². The van der Waals surface area contributed by atoms with Gasteiger partial charge in [0.05, 0.1) is 28.3 Å². The van der Waals surface area contributed by atoms with E-state index in [9.17, 15) is 24.3 Å². The first kappa shape index (κ1) is 24.6. The van der Waals surface area contributed by atoms with Crippen molar-refractivity contribution in [2.45, 2.75) is 13.8 Å². The van der Waals surface area contributed by atoms with E-state index < -0.39 is 11.9 Å². The van der Waals surface area contributed by atoms with Gasteiger partial charge in [-0.05, 0) is 48.0 Å². The van der Waals surface area contributed by atoms with E-state index in [1.54, 1.807) is 30.3 Å². The van der Waals surface area contributed by atoms with Gasteiger partial charge in [0.15, 0.2) is 11.3 Å². The summed E-state index contributed by atoms with van der Waals surface area (Å²) in [5.41, 5.74) is 2.05. The molecule has 4 aromatic rings. The van der Waals surface area contributed by atoms with E-state index in [1.807, 2.05) is 6.07 Å². The first-order valence-electron chi connectivity index (χ1n) is 10.8. The highest BCUT2D eigenvalue weighted by Gasteiger charge is 2.22. The first-order valence-corrected chi connectivity index (χ1v) is 10.8. The zero-order valence-electron chi connectivity index (χ0n) is 19.6. The Morgan fingerprint density at radius 2 is 1.68 bits per heavy atom. The van der Waals surface area contributed by atoms with Gasteiger partial charge in [-0.15, -0.1) is 0 Å². The number of fused-ring (bicyclic) bond motifs is 1. The molecule has 0 radical (unpaired) electrons. The molecule has 11 heteroatoms. The average molecular weight is 497 g/mol. The number of nitrogens with one attached hydrogen (secondary N) is 3. The predicted molar refractivity (Wildman–Crippen MR) is 134 cm³/mol. The van der Waals surface area contributed by atoms with Crippen LogP contribution in [0.2, 0.25) is 0 Å². The van der Waals surface area contributed by atoms with Crippen molar-refractivity contribution in [2.24, 2.45) is 0 Å². The van der Waals surface area contributed by atoms with Crippen LogP contribution in [0.1, 0.15) is 40.3 Å². The van der Waals surface area contributed by atoms with Crippen molar-refractivity contribution in [3.63, 3.8) is 0 Å². The predicted octanol–water partition coefficient (Wildman–Crippen LogP) is 4.23. The molecule has 3 aromatic carbocycles. The molecule has 11 nitrogen and oxygen atoms in total. The molecule has 3 amide bonds. The number of nitriles is 1. The van der Waals surface area contributed by atoms with Crippen LogP contribution in [0.15, 0.2) is 59.1 Å². The van der Waals surface area contributed by atoms with E-state index in [0.717, 1.165) is 6.07 Å². The van der Waals surface area contributed by atoms with E-state index in [0.29, 0.717) is 22.5 Å². The number of carbonyl (C=O) groups is 4. The smallest absolute Gasteiger partial charge is 0.337 e. The van der Waals surface area contributed by atoms with E-state index in [2.05, 4.69) is 21.1 Å². The maximum Gasteiger partial charge on any atom is 0.337 e. The molecule has 0 aliphatic rings. The van der Waals surface area contributed by atoms with E-state index in [1.165, 1.54) is 32.0 Å². The molecule has 0 fully saturated rings. The van der Waals surface area contributed by atoms with E-state index in [-0.39, 0.29) is 45.3 Å². The fourth-order valence-electron chi connectivity index (χ4n) is 3.73. The summed E-state index contributed by atoms with van der Waals surface area (Å²) in [7, 11) is 0. The molecule has 4 rings (SSSR count). The van der Waals surface area contributed by atoms with Crippen LogP contribution in [-0.2, 0) is 9.59 Å². The van der Waals surface area contributed by atoms with Gasteiger partial charge in [-0.1, -0.05) is 17.3 Å². The maximum atomic E-state index is 13.0. The van der Waals surface area contributed by atoms with Crippen molar-refractivity contribution in [3.8, 4) is 17.2 Å². The van der Waals surface area contributed by atoms with Gasteiger partial charge in [0, 0.05) is 30.8 Å². The number of hydrogen-bond acceptors (Lipinski definition) is 7. The third-order valence-electron chi connectivity index (χ3n) is 5.26. The number of nitrogens with zero attached hydrogens (tertiary/aromatic N) is 2. The molecule has 0 spiro atoms. The molecule has 0 aliphatic heterocycles. The third kappa shape index (κ3) is 5.28. The Balaban J connectivity index is 1.76. The zero-order valence-corrected chi connectivity index (χ0v) is 19.6. The summed E-state index contributed by atoms with van der Waals surface area (Å²) in [6, 6.07) is 15.8. The molecule has 0 aliphatic carbocycles. The molecule has 1 heterocycles. The highest BCUT2D eigenvalue weighted by Crippen LogP contribution is 2.35. The van der Waals surface area contributed by atoms with Crippen molar-refractivity contribution in [2.75, 3.05) is 16.0 Å². The summed E-state index contributed by atoms with van der Waals surface area (Å²) < 4.78 is 5.39. The van der Waals surface area contributed by atoms with Crippen molar-refractivity contribution < 1.29 is 28.8 Å². The van der Waals surface area contributed by atoms with Gasteiger partial charge in [0.25, 0.3) is 5.91 Å². The lowest BCUT2D eigenvalue weighted by Crippen LogP contribution is -2.15. The Labute approximate surface area is 209 Å². The van der Waals surface area contributed by atoms with Crippen molar-refractivity contribution >= 4 is 51.7 Å². The van der Waals surface area contributed by atoms with Gasteiger partial charge in [0.1, 0.15) is 0 Å². The minimum absolute atomic E-state index is 0.0267. The SMILES string of the molecule is CC(=O)Nc1cccc(-c2cc3onc(C(=O)Nc4ccc(C#N)cc4C(=O)O)c3cc2NC(C)=O)c1. The van der Waals surface area contributed by atoms with Crippen LogP contribution in [0.4, 0.5) is 17.1 Å². The summed E-state index contributed by atoms with van der Waals surface area (Å²) in [4.78, 5) is 48.0. The Kier molecular flexibility index (Phi) is 6.66. The number of rotatable bonds is 6. The van der Waals surface area contributed by atoms with Gasteiger partial charge in [-0.3, -0.25) is 14.4 Å². The van der Waals surface area contributed by atoms with Crippen LogP contribution < -0.4 is 16.0 Å². The molecule has 0 saturated heterocycles. The summed E-state index contributed by atoms with van der Waals surface area (Å²) in [6.45, 7) is 2.72. The monoisotopic (exact) mass is 497 g/mol. The van der Waals surface area contributed by atoms with Crippen LogP contribution in [-0.4, -0.2) is 34.0 Å². The number of carbonyl (C=O) groups excluding carboxylic acids is 3. The summed E-state index contributed by atoms with van der Waals surface area (Å²) in [5.74, 6) is -2.67. The highest BCUT2D eigenvalue weighted by molar-refractivity contribution is 6.14. The molecule has 4 N–H and O–H groups in total. The molecular formula is C26H19N5O6. The van der Waals surface area contributed by atoms with Gasteiger partial charge < -0.3 is 25.6 Å². The normalized spacial score (nSPS) is 10.4. The topological polar surface area (TPSA) is 174 Å². The minimum atomic E-state index is -1.32. The number of benzene rings is 3. The number of amides is 3. The molecule has 37 heavy (non-hydrogen) atoms. The fourth-order valence-corrected chi connectivity index (χ4v) is 3.73. The fraction of sp³-hybridized carbons (Fsp3) is 0.0769. The summed E-state index contributed by atoms with van der Waals surface area (Å²) in [6.07, 6.45) is 0.